The Kier molecular flexibility index (Phi) is 16.1. The van der Waals surface area contributed by atoms with Gasteiger partial charge in [-0.2, -0.15) is 0 Å². The van der Waals surface area contributed by atoms with Gasteiger partial charge in [-0.15, -0.1) is 0 Å². The smallest absolute Gasteiger partial charge is 0.415 e. The molecule has 7 atom stereocenters. The number of nitrogens with zero attached hydrogens (tertiary/aromatic N) is 1. The first-order valence-corrected chi connectivity index (χ1v) is 15.9. The van der Waals surface area contributed by atoms with E-state index in [9.17, 15) is 14.4 Å². The fraction of sp³-hybridized carbons (Fsp3) is 0.571. The Morgan fingerprint density at radius 3 is 2.32 bits per heavy atom. The summed E-state index contributed by atoms with van der Waals surface area (Å²) in [4.78, 5) is 39.5. The molecule has 1 heterocycles. The molecule has 262 valence electrons. The van der Waals surface area contributed by atoms with Gasteiger partial charge in [0, 0.05) is 70.6 Å². The molecule has 4 N–H and O–H groups in total. The fourth-order valence-electron chi connectivity index (χ4n) is 5.85. The quantitative estimate of drug-likeness (QED) is 0.320. The number of anilines is 1. The molecular weight excluding hydrogens is 604 g/mol. The van der Waals surface area contributed by atoms with Crippen LogP contribution in [0, 0.1) is 17.8 Å². The average Bonchev–Trinajstić information content (AvgIpc) is 3.01. The molecule has 0 aromatic heterocycles. The van der Waals surface area contributed by atoms with E-state index in [4.69, 9.17) is 29.4 Å². The van der Waals surface area contributed by atoms with Crippen LogP contribution >= 0.6 is 0 Å². The molecule has 2 bridgehead atoms. The van der Waals surface area contributed by atoms with Gasteiger partial charge in [0.05, 0.1) is 18.3 Å². The van der Waals surface area contributed by atoms with Crippen molar-refractivity contribution in [2.45, 2.75) is 65.5 Å². The van der Waals surface area contributed by atoms with Crippen molar-refractivity contribution in [1.29, 1.82) is 0 Å². The number of rotatable bonds is 8. The number of allylic oxidation sites excluding steroid dienone is 2. The lowest BCUT2D eigenvalue weighted by molar-refractivity contribution is -0.112. The van der Waals surface area contributed by atoms with Crippen molar-refractivity contribution in [1.82, 2.24) is 10.2 Å². The van der Waals surface area contributed by atoms with Crippen LogP contribution < -0.4 is 21.1 Å². The number of carbonyl (C=O) groups is 3. The third kappa shape index (κ3) is 11.8. The normalized spacial score (nSPS) is 29.0. The first kappa shape index (κ1) is 39.5. The molecule has 0 saturated heterocycles. The summed E-state index contributed by atoms with van der Waals surface area (Å²) >= 11 is 0. The molecule has 2 rings (SSSR count). The third-order valence-corrected chi connectivity index (χ3v) is 8.38. The zero-order chi connectivity index (χ0) is 35.3. The molecule has 3 amide bonds. The summed E-state index contributed by atoms with van der Waals surface area (Å²) in [5, 5.41) is 5.94. The Morgan fingerprint density at radius 2 is 1.72 bits per heavy atom. The number of fused-ring (bicyclic) bond motifs is 2. The molecule has 1 aromatic rings. The van der Waals surface area contributed by atoms with Gasteiger partial charge in [0.25, 0.3) is 5.91 Å². The number of benzene rings is 1. The second-order valence-electron chi connectivity index (χ2n) is 12.2. The predicted octanol–water partition coefficient (Wildman–Crippen LogP) is 5.22. The highest BCUT2D eigenvalue weighted by Crippen LogP contribution is 2.35. The van der Waals surface area contributed by atoms with Crippen molar-refractivity contribution >= 4 is 23.8 Å². The van der Waals surface area contributed by atoms with Crippen molar-refractivity contribution in [2.24, 2.45) is 23.5 Å². The molecule has 1 aliphatic rings. The number of hydrogen-bond donors (Lipinski definition) is 3. The van der Waals surface area contributed by atoms with E-state index < -0.39 is 24.4 Å². The summed E-state index contributed by atoms with van der Waals surface area (Å²) in [5.41, 5.74) is 7.82. The minimum Gasteiger partial charge on any atom is -0.441 e. The molecule has 0 spiro atoms. The van der Waals surface area contributed by atoms with Crippen LogP contribution in [0.1, 0.15) is 52.7 Å². The summed E-state index contributed by atoms with van der Waals surface area (Å²) < 4.78 is 29.2. The van der Waals surface area contributed by atoms with Crippen molar-refractivity contribution in [2.75, 3.05) is 53.8 Å². The number of amides is 3. The van der Waals surface area contributed by atoms with Crippen LogP contribution in [0.15, 0.2) is 53.6 Å². The molecule has 1 aliphatic heterocycles. The van der Waals surface area contributed by atoms with Crippen molar-refractivity contribution in [3.05, 3.63) is 59.2 Å². The number of methoxy groups -OCH3 is 3. The van der Waals surface area contributed by atoms with E-state index in [0.29, 0.717) is 36.3 Å². The highest BCUT2D eigenvalue weighted by molar-refractivity contribution is 6.03. The number of primary amides is 1. The highest BCUT2D eigenvalue weighted by atomic mass is 16.6. The van der Waals surface area contributed by atoms with Gasteiger partial charge in [-0.1, -0.05) is 45.1 Å². The highest BCUT2D eigenvalue weighted by Gasteiger charge is 2.32. The molecule has 0 aliphatic carbocycles. The second-order valence-corrected chi connectivity index (χ2v) is 12.2. The summed E-state index contributed by atoms with van der Waals surface area (Å²) in [5.74, 6) is -0.579. The summed E-state index contributed by atoms with van der Waals surface area (Å²) in [6, 6.07) is 5.18. The van der Waals surface area contributed by atoms with Crippen molar-refractivity contribution in [3.63, 3.8) is 0 Å². The summed E-state index contributed by atoms with van der Waals surface area (Å²) in [6.45, 7) is 10.6. The van der Waals surface area contributed by atoms with Gasteiger partial charge >= 0.3 is 12.2 Å². The number of carbonyl (C=O) groups excluding carboxylic acids is 3. The topological polar surface area (TPSA) is 151 Å². The van der Waals surface area contributed by atoms with Gasteiger partial charge in [0.2, 0.25) is 0 Å². The molecule has 0 unspecified atom stereocenters. The molecule has 0 radical (unpaired) electrons. The minimum absolute atomic E-state index is 0.105. The Bertz CT molecular complexity index is 1300. The molecule has 12 heteroatoms. The number of nitrogens with one attached hydrogen (secondary N) is 2. The lowest BCUT2D eigenvalue weighted by Crippen LogP contribution is -2.37. The Morgan fingerprint density at radius 1 is 1.02 bits per heavy atom. The van der Waals surface area contributed by atoms with E-state index >= 15 is 0 Å². The maximum Gasteiger partial charge on any atom is 0.415 e. The summed E-state index contributed by atoms with van der Waals surface area (Å²) in [7, 11) is 8.36. The van der Waals surface area contributed by atoms with Crippen LogP contribution in [-0.2, 0) is 23.7 Å². The lowest BCUT2D eigenvalue weighted by atomic mass is 9.86. The summed E-state index contributed by atoms with van der Waals surface area (Å²) in [6.07, 6.45) is 4.64. The largest absolute Gasteiger partial charge is 0.441 e. The van der Waals surface area contributed by atoms with E-state index in [2.05, 4.69) is 10.6 Å². The van der Waals surface area contributed by atoms with Crippen LogP contribution in [0.2, 0.25) is 0 Å². The van der Waals surface area contributed by atoms with Gasteiger partial charge in [-0.25, -0.2) is 9.59 Å². The Labute approximate surface area is 279 Å². The van der Waals surface area contributed by atoms with Gasteiger partial charge < -0.3 is 45.0 Å². The van der Waals surface area contributed by atoms with E-state index in [1.165, 1.54) is 4.90 Å². The van der Waals surface area contributed by atoms with Crippen molar-refractivity contribution < 1.29 is 38.1 Å². The zero-order valence-electron chi connectivity index (χ0n) is 29.5. The van der Waals surface area contributed by atoms with E-state index in [1.54, 1.807) is 66.6 Å². The van der Waals surface area contributed by atoms with Gasteiger partial charge in [-0.05, 0) is 56.5 Å². The van der Waals surface area contributed by atoms with Crippen LogP contribution in [0.25, 0.3) is 0 Å². The molecule has 0 fully saturated rings. The van der Waals surface area contributed by atoms with Crippen LogP contribution in [0.5, 0.6) is 5.75 Å². The number of nitrogens with two attached hydrogens (primary N) is 1. The zero-order valence-corrected chi connectivity index (χ0v) is 29.5. The molecule has 47 heavy (non-hydrogen) atoms. The van der Waals surface area contributed by atoms with Crippen LogP contribution in [0.3, 0.4) is 0 Å². The molecular formula is C35H54N4O8. The van der Waals surface area contributed by atoms with Gasteiger partial charge in [0.15, 0.2) is 0 Å². The lowest BCUT2D eigenvalue weighted by Gasteiger charge is -2.33. The fourth-order valence-corrected chi connectivity index (χ4v) is 5.85. The molecule has 12 nitrogen and oxygen atoms in total. The maximum absolute atomic E-state index is 13.3. The van der Waals surface area contributed by atoms with Crippen LogP contribution in [-0.4, -0.2) is 89.8 Å². The predicted molar refractivity (Wildman–Crippen MR) is 182 cm³/mol. The third-order valence-electron chi connectivity index (χ3n) is 8.38. The van der Waals surface area contributed by atoms with Crippen molar-refractivity contribution in [3.8, 4) is 5.75 Å². The maximum atomic E-state index is 13.3. The number of likely N-dealkylation sites (N-methyl/N-ethyl adjacent to an activating group) is 2. The minimum atomic E-state index is -0.881. The average molecular weight is 659 g/mol. The Balaban J connectivity index is 2.66. The van der Waals surface area contributed by atoms with Gasteiger partial charge in [0.1, 0.15) is 11.9 Å². The number of ether oxygens (including phenoxy) is 5. The van der Waals surface area contributed by atoms with E-state index in [1.807, 2.05) is 45.9 Å². The standard InChI is InChI=1S/C35H54N4O8/c1-21-12-11-13-22(2)33(40)38-27-18-26(19-28(20-27)46-35(42)39(7)15-14-37-6)31(44-9)25(5)17-29(43-8)32(45-10)24(4)16-23(3)30(21)47-34(36)41/h11-13,16,18-21,24-25,29-32,37H,14-15,17H2,1-10H3,(H2,36,41)(H,38,40)/b12-11-,22-13+,23-16+/t21-,24-,25-,29-,30+,31+,32+/m0/s1. The first-order valence-electron chi connectivity index (χ1n) is 15.9. The van der Waals surface area contributed by atoms with E-state index in [-0.39, 0.29) is 41.6 Å². The van der Waals surface area contributed by atoms with E-state index in [0.717, 1.165) is 5.57 Å². The SMILES string of the molecule is CNCCN(C)C(=O)Oc1cc2cc(c1)[C@H](OC)[C@@H](C)C[C@H](OC)[C@H](OC)[C@@H](C)/C=C(\C)[C@H](OC(N)=O)[C@@H](C)/C=C\C=C(/C)C(=O)N2. The number of hydrogen-bond acceptors (Lipinski definition) is 9. The second kappa shape index (κ2) is 19.2. The van der Waals surface area contributed by atoms with Gasteiger partial charge in [-0.3, -0.25) is 4.79 Å². The first-order chi connectivity index (χ1) is 22.3. The monoisotopic (exact) mass is 658 g/mol. The molecule has 1 aromatic carbocycles. The molecule has 0 saturated carbocycles. The van der Waals surface area contributed by atoms with Crippen LogP contribution in [0.4, 0.5) is 15.3 Å². The Hall–Kier alpha value is -3.71.